The summed E-state index contributed by atoms with van der Waals surface area (Å²) >= 11 is 0. The summed E-state index contributed by atoms with van der Waals surface area (Å²) in [5.41, 5.74) is 4.24. The number of nitrogens with two attached hydrogens (primary N) is 1. The summed E-state index contributed by atoms with van der Waals surface area (Å²) in [6, 6.07) is 12.9. The molecule has 0 unspecified atom stereocenters. The van der Waals surface area contributed by atoms with Gasteiger partial charge in [0.1, 0.15) is 0 Å². The van der Waals surface area contributed by atoms with Gasteiger partial charge in [0.25, 0.3) is 0 Å². The predicted molar refractivity (Wildman–Crippen MR) is 76.5 cm³/mol. The molecular formula is C15H17NO2S. The third kappa shape index (κ3) is 3.03. The smallest absolute Gasteiger partial charge is 0.225 e. The second kappa shape index (κ2) is 5.15. The molecule has 2 aromatic rings. The van der Waals surface area contributed by atoms with Crippen LogP contribution < -0.4 is 5.14 Å². The lowest BCUT2D eigenvalue weighted by Gasteiger charge is -2.11. The van der Waals surface area contributed by atoms with Crippen LogP contribution in [-0.2, 0) is 16.4 Å². The zero-order valence-corrected chi connectivity index (χ0v) is 11.9. The van der Waals surface area contributed by atoms with Crippen molar-refractivity contribution in [3.8, 4) is 0 Å². The molecule has 19 heavy (non-hydrogen) atoms. The molecule has 0 aliphatic rings. The van der Waals surface area contributed by atoms with E-state index in [0.717, 1.165) is 11.1 Å². The topological polar surface area (TPSA) is 60.2 Å². The minimum Gasteiger partial charge on any atom is -0.225 e. The number of aryl methyl sites for hydroxylation is 1. The van der Waals surface area contributed by atoms with Crippen LogP contribution in [0.5, 0.6) is 0 Å². The van der Waals surface area contributed by atoms with E-state index in [-0.39, 0.29) is 4.90 Å². The highest BCUT2D eigenvalue weighted by Crippen LogP contribution is 2.21. The van der Waals surface area contributed by atoms with Crippen molar-refractivity contribution in [1.82, 2.24) is 0 Å². The molecule has 0 atom stereocenters. The quantitative estimate of drug-likeness (QED) is 0.935. The summed E-state index contributed by atoms with van der Waals surface area (Å²) in [6.07, 6.45) is 0.570. The van der Waals surface area contributed by atoms with Crippen LogP contribution >= 0.6 is 0 Å². The average Bonchev–Trinajstić information content (AvgIpc) is 2.34. The van der Waals surface area contributed by atoms with Gasteiger partial charge in [-0.2, -0.15) is 0 Å². The molecule has 0 aliphatic carbocycles. The molecule has 0 amide bonds. The van der Waals surface area contributed by atoms with Gasteiger partial charge in [0.05, 0.1) is 4.90 Å². The van der Waals surface area contributed by atoms with E-state index in [1.807, 2.05) is 44.2 Å². The van der Waals surface area contributed by atoms with Gasteiger partial charge in [-0.05, 0) is 48.6 Å². The van der Waals surface area contributed by atoms with Crippen LogP contribution in [0.25, 0.3) is 0 Å². The molecule has 3 nitrogen and oxygen atoms in total. The van der Waals surface area contributed by atoms with E-state index in [0.29, 0.717) is 6.42 Å². The Kier molecular flexibility index (Phi) is 3.73. The Bertz CT molecular complexity index is 706. The zero-order valence-electron chi connectivity index (χ0n) is 11.1. The molecular weight excluding hydrogens is 258 g/mol. The zero-order chi connectivity index (χ0) is 14.0. The summed E-state index contributed by atoms with van der Waals surface area (Å²) in [7, 11) is -3.68. The predicted octanol–water partition coefficient (Wildman–Crippen LogP) is 2.54. The van der Waals surface area contributed by atoms with Crippen molar-refractivity contribution in [3.05, 3.63) is 64.7 Å². The molecule has 0 radical (unpaired) electrons. The molecule has 0 fully saturated rings. The second-order valence-electron chi connectivity index (χ2n) is 4.69. The minimum absolute atomic E-state index is 0.205. The van der Waals surface area contributed by atoms with Gasteiger partial charge in [0, 0.05) is 0 Å². The Balaban J connectivity index is 2.48. The standard InChI is InChI=1S/C15H17NO2S/c1-11-6-5-8-13(12(11)2)10-14-7-3-4-9-15(14)19(16,17)18/h3-9H,10H2,1-2H3,(H2,16,17,18). The molecule has 0 aromatic heterocycles. The minimum atomic E-state index is -3.68. The maximum absolute atomic E-state index is 11.6. The van der Waals surface area contributed by atoms with Crippen molar-refractivity contribution in [3.63, 3.8) is 0 Å². The number of hydrogen-bond donors (Lipinski definition) is 1. The Hall–Kier alpha value is -1.65. The highest BCUT2D eigenvalue weighted by Gasteiger charge is 2.14. The van der Waals surface area contributed by atoms with E-state index >= 15 is 0 Å². The van der Waals surface area contributed by atoms with E-state index in [2.05, 4.69) is 0 Å². The van der Waals surface area contributed by atoms with Crippen LogP contribution in [0.15, 0.2) is 47.4 Å². The van der Waals surface area contributed by atoms with Gasteiger partial charge in [0.2, 0.25) is 10.0 Å². The van der Waals surface area contributed by atoms with Crippen LogP contribution in [0.4, 0.5) is 0 Å². The average molecular weight is 275 g/mol. The fourth-order valence-electron chi connectivity index (χ4n) is 2.14. The Morgan fingerprint density at radius 1 is 0.947 bits per heavy atom. The molecule has 0 heterocycles. The summed E-state index contributed by atoms with van der Waals surface area (Å²) in [6.45, 7) is 4.09. The normalized spacial score (nSPS) is 11.5. The number of sulfonamides is 1. The third-order valence-electron chi connectivity index (χ3n) is 3.38. The molecule has 4 heteroatoms. The molecule has 100 valence electrons. The summed E-state index contributed by atoms with van der Waals surface area (Å²) in [5.74, 6) is 0. The van der Waals surface area contributed by atoms with Crippen molar-refractivity contribution in [2.45, 2.75) is 25.2 Å². The van der Waals surface area contributed by atoms with Gasteiger partial charge in [-0.15, -0.1) is 0 Å². The van der Waals surface area contributed by atoms with Gasteiger partial charge in [-0.25, -0.2) is 13.6 Å². The largest absolute Gasteiger partial charge is 0.238 e. The summed E-state index contributed by atoms with van der Waals surface area (Å²) < 4.78 is 23.1. The number of primary sulfonamides is 1. The highest BCUT2D eigenvalue weighted by molar-refractivity contribution is 7.89. The maximum Gasteiger partial charge on any atom is 0.238 e. The fraction of sp³-hybridized carbons (Fsp3) is 0.200. The van der Waals surface area contributed by atoms with Crippen LogP contribution in [-0.4, -0.2) is 8.42 Å². The summed E-state index contributed by atoms with van der Waals surface area (Å²) in [4.78, 5) is 0.205. The lowest BCUT2D eigenvalue weighted by atomic mass is 9.97. The van der Waals surface area contributed by atoms with Crippen LogP contribution in [0, 0.1) is 13.8 Å². The Morgan fingerprint density at radius 3 is 2.26 bits per heavy atom. The van der Waals surface area contributed by atoms with Crippen molar-refractivity contribution >= 4 is 10.0 Å². The van der Waals surface area contributed by atoms with Gasteiger partial charge < -0.3 is 0 Å². The van der Waals surface area contributed by atoms with Crippen molar-refractivity contribution < 1.29 is 8.42 Å². The van der Waals surface area contributed by atoms with E-state index in [1.54, 1.807) is 12.1 Å². The molecule has 0 saturated heterocycles. The lowest BCUT2D eigenvalue weighted by molar-refractivity contribution is 0.597. The first kappa shape index (κ1) is 13.8. The fourth-order valence-corrected chi connectivity index (χ4v) is 2.91. The van der Waals surface area contributed by atoms with Crippen molar-refractivity contribution in [2.75, 3.05) is 0 Å². The molecule has 2 N–H and O–H groups in total. The van der Waals surface area contributed by atoms with Crippen LogP contribution in [0.1, 0.15) is 22.3 Å². The molecule has 2 aromatic carbocycles. The van der Waals surface area contributed by atoms with Gasteiger partial charge in [-0.1, -0.05) is 36.4 Å². The van der Waals surface area contributed by atoms with Gasteiger partial charge >= 0.3 is 0 Å². The van der Waals surface area contributed by atoms with E-state index in [1.165, 1.54) is 11.1 Å². The third-order valence-corrected chi connectivity index (χ3v) is 4.39. The summed E-state index contributed by atoms with van der Waals surface area (Å²) in [5, 5.41) is 5.25. The molecule has 0 aliphatic heterocycles. The lowest BCUT2D eigenvalue weighted by Crippen LogP contribution is -2.14. The molecule has 0 bridgehead atoms. The highest BCUT2D eigenvalue weighted by atomic mass is 32.2. The second-order valence-corrected chi connectivity index (χ2v) is 6.22. The first-order valence-electron chi connectivity index (χ1n) is 6.05. The van der Waals surface area contributed by atoms with Crippen LogP contribution in [0.2, 0.25) is 0 Å². The maximum atomic E-state index is 11.6. The molecule has 0 spiro atoms. The molecule has 2 rings (SSSR count). The van der Waals surface area contributed by atoms with E-state index in [9.17, 15) is 8.42 Å². The Labute approximate surface area is 114 Å². The van der Waals surface area contributed by atoms with Gasteiger partial charge in [-0.3, -0.25) is 0 Å². The van der Waals surface area contributed by atoms with E-state index < -0.39 is 10.0 Å². The SMILES string of the molecule is Cc1cccc(Cc2ccccc2S(N)(=O)=O)c1C. The first-order valence-corrected chi connectivity index (χ1v) is 7.60. The number of hydrogen-bond acceptors (Lipinski definition) is 2. The molecule has 0 saturated carbocycles. The Morgan fingerprint density at radius 2 is 1.58 bits per heavy atom. The van der Waals surface area contributed by atoms with E-state index in [4.69, 9.17) is 5.14 Å². The first-order chi connectivity index (χ1) is 8.89. The monoisotopic (exact) mass is 275 g/mol. The van der Waals surface area contributed by atoms with Gasteiger partial charge in [0.15, 0.2) is 0 Å². The van der Waals surface area contributed by atoms with Crippen LogP contribution in [0.3, 0.4) is 0 Å². The van der Waals surface area contributed by atoms with Crippen molar-refractivity contribution in [2.24, 2.45) is 5.14 Å². The number of benzene rings is 2. The number of rotatable bonds is 3. The van der Waals surface area contributed by atoms with Crippen molar-refractivity contribution in [1.29, 1.82) is 0 Å².